The highest BCUT2D eigenvalue weighted by molar-refractivity contribution is 6.31. The van der Waals surface area contributed by atoms with E-state index in [-0.39, 0.29) is 35.3 Å². The maximum absolute atomic E-state index is 13.8. The number of hydrogen-bond acceptors (Lipinski definition) is 3. The zero-order valence-electron chi connectivity index (χ0n) is 14.3. The van der Waals surface area contributed by atoms with Crippen molar-refractivity contribution in [2.45, 2.75) is 20.0 Å². The number of aromatic nitrogens is 3. The van der Waals surface area contributed by atoms with Gasteiger partial charge in [-0.3, -0.25) is 5.32 Å². The summed E-state index contributed by atoms with van der Waals surface area (Å²) in [5, 5.41) is 13.1. The largest absolute Gasteiger partial charge is 0.334 e. The SMILES string of the molecule is Cc1c(NC(=O)NCc2c(F)cccc2Cl)nnn1Cc1ccccc1F. The second kappa shape index (κ2) is 8.13. The number of rotatable bonds is 5. The number of benzene rings is 2. The molecule has 2 amide bonds. The number of nitrogens with one attached hydrogen (secondary N) is 2. The Morgan fingerprint density at radius 2 is 1.89 bits per heavy atom. The van der Waals surface area contributed by atoms with Crippen molar-refractivity contribution in [1.82, 2.24) is 20.3 Å². The summed E-state index contributed by atoms with van der Waals surface area (Å²) in [6, 6.07) is 10.0. The third-order valence-corrected chi connectivity index (χ3v) is 4.33. The lowest BCUT2D eigenvalue weighted by Gasteiger charge is -2.09. The zero-order valence-corrected chi connectivity index (χ0v) is 15.1. The minimum absolute atomic E-state index is 0.0836. The molecular formula is C18H16ClF2N5O. The highest BCUT2D eigenvalue weighted by Crippen LogP contribution is 2.19. The molecule has 0 unspecified atom stereocenters. The van der Waals surface area contributed by atoms with Crippen molar-refractivity contribution in [2.24, 2.45) is 0 Å². The maximum Gasteiger partial charge on any atom is 0.320 e. The first-order chi connectivity index (χ1) is 13.0. The molecule has 0 aliphatic rings. The van der Waals surface area contributed by atoms with E-state index in [0.29, 0.717) is 11.3 Å². The fraction of sp³-hybridized carbons (Fsp3) is 0.167. The van der Waals surface area contributed by atoms with Crippen LogP contribution in [0, 0.1) is 18.6 Å². The third-order valence-electron chi connectivity index (χ3n) is 3.98. The molecule has 0 bridgehead atoms. The number of nitrogens with zero attached hydrogens (tertiary/aromatic N) is 3. The molecule has 2 aromatic carbocycles. The molecule has 1 heterocycles. The van der Waals surface area contributed by atoms with Crippen LogP contribution in [-0.2, 0) is 13.1 Å². The summed E-state index contributed by atoms with van der Waals surface area (Å²) in [7, 11) is 0. The number of urea groups is 1. The van der Waals surface area contributed by atoms with Gasteiger partial charge in [-0.25, -0.2) is 18.3 Å². The van der Waals surface area contributed by atoms with Crippen molar-refractivity contribution in [1.29, 1.82) is 0 Å². The van der Waals surface area contributed by atoms with Gasteiger partial charge in [0.05, 0.1) is 12.2 Å². The monoisotopic (exact) mass is 391 g/mol. The average molecular weight is 392 g/mol. The van der Waals surface area contributed by atoms with Crippen molar-refractivity contribution in [2.75, 3.05) is 5.32 Å². The Morgan fingerprint density at radius 3 is 2.63 bits per heavy atom. The second-order valence-corrected chi connectivity index (χ2v) is 6.19. The van der Waals surface area contributed by atoms with Gasteiger partial charge < -0.3 is 5.32 Å². The molecule has 0 saturated carbocycles. The van der Waals surface area contributed by atoms with E-state index in [2.05, 4.69) is 20.9 Å². The Labute approximate surface area is 159 Å². The van der Waals surface area contributed by atoms with Gasteiger partial charge >= 0.3 is 6.03 Å². The van der Waals surface area contributed by atoms with Gasteiger partial charge in [0, 0.05) is 22.7 Å². The number of carbonyl (C=O) groups is 1. The van der Waals surface area contributed by atoms with Crippen molar-refractivity contribution >= 4 is 23.4 Å². The molecule has 9 heteroatoms. The topological polar surface area (TPSA) is 71.8 Å². The predicted molar refractivity (Wildman–Crippen MR) is 97.5 cm³/mol. The lowest BCUT2D eigenvalue weighted by atomic mass is 10.2. The molecule has 1 aromatic heterocycles. The summed E-state index contributed by atoms with van der Waals surface area (Å²) in [5.74, 6) is -0.625. The Morgan fingerprint density at radius 1 is 1.15 bits per heavy atom. The molecule has 3 aromatic rings. The smallest absolute Gasteiger partial charge is 0.320 e. The number of anilines is 1. The Bertz CT molecular complexity index is 956. The lowest BCUT2D eigenvalue weighted by Crippen LogP contribution is -2.29. The molecule has 27 heavy (non-hydrogen) atoms. The third kappa shape index (κ3) is 4.40. The van der Waals surface area contributed by atoms with Crippen LogP contribution in [0.4, 0.5) is 19.4 Å². The van der Waals surface area contributed by atoms with E-state index < -0.39 is 11.8 Å². The van der Waals surface area contributed by atoms with Crippen LogP contribution in [-0.4, -0.2) is 21.0 Å². The summed E-state index contributed by atoms with van der Waals surface area (Å²) >= 11 is 5.92. The minimum atomic E-state index is -0.588. The van der Waals surface area contributed by atoms with Crippen LogP contribution in [0.25, 0.3) is 0 Å². The minimum Gasteiger partial charge on any atom is -0.334 e. The van der Waals surface area contributed by atoms with Crippen LogP contribution >= 0.6 is 11.6 Å². The van der Waals surface area contributed by atoms with E-state index >= 15 is 0 Å². The van der Waals surface area contributed by atoms with Crippen molar-refractivity contribution in [3.05, 3.63) is 75.9 Å². The molecule has 3 rings (SSSR count). The molecule has 0 aliphatic carbocycles. The molecule has 0 fully saturated rings. The Balaban J connectivity index is 1.63. The average Bonchev–Trinajstić information content (AvgIpc) is 2.96. The first-order valence-corrected chi connectivity index (χ1v) is 8.44. The van der Waals surface area contributed by atoms with Gasteiger partial charge in [0.15, 0.2) is 5.82 Å². The van der Waals surface area contributed by atoms with Gasteiger partial charge in [0.2, 0.25) is 0 Å². The van der Waals surface area contributed by atoms with E-state index in [1.807, 2.05) is 0 Å². The molecule has 0 atom stereocenters. The van der Waals surface area contributed by atoms with Crippen molar-refractivity contribution < 1.29 is 13.6 Å². The summed E-state index contributed by atoms with van der Waals surface area (Å²) in [6.45, 7) is 1.80. The first kappa shape index (κ1) is 18.8. The van der Waals surface area contributed by atoms with Crippen LogP contribution in [0.5, 0.6) is 0 Å². The number of amides is 2. The summed E-state index contributed by atoms with van der Waals surface area (Å²) < 4.78 is 29.0. The van der Waals surface area contributed by atoms with E-state index in [1.54, 1.807) is 25.1 Å². The summed E-state index contributed by atoms with van der Waals surface area (Å²) in [6.07, 6.45) is 0. The van der Waals surface area contributed by atoms with Crippen LogP contribution in [0.2, 0.25) is 5.02 Å². The number of carbonyl (C=O) groups excluding carboxylic acids is 1. The molecule has 0 aliphatic heterocycles. The van der Waals surface area contributed by atoms with Gasteiger partial charge in [0.25, 0.3) is 0 Å². The zero-order chi connectivity index (χ0) is 19.4. The van der Waals surface area contributed by atoms with E-state index in [0.717, 1.165) is 0 Å². The standard InChI is InChI=1S/C18H16ClF2N5O/c1-11-17(24-25-26(11)10-12-5-2-3-7-15(12)20)23-18(27)22-9-13-14(19)6-4-8-16(13)21/h2-8H,9-10H2,1H3,(H2,22,23,27). The molecule has 2 N–H and O–H groups in total. The lowest BCUT2D eigenvalue weighted by molar-refractivity contribution is 0.251. The van der Waals surface area contributed by atoms with Gasteiger partial charge in [-0.15, -0.1) is 5.10 Å². The fourth-order valence-corrected chi connectivity index (χ4v) is 2.67. The quantitative estimate of drug-likeness (QED) is 0.693. The van der Waals surface area contributed by atoms with Crippen molar-refractivity contribution in [3.63, 3.8) is 0 Å². The fourth-order valence-electron chi connectivity index (χ4n) is 2.44. The second-order valence-electron chi connectivity index (χ2n) is 5.78. The van der Waals surface area contributed by atoms with Gasteiger partial charge in [-0.05, 0) is 25.1 Å². The highest BCUT2D eigenvalue weighted by atomic mass is 35.5. The normalized spacial score (nSPS) is 10.7. The van der Waals surface area contributed by atoms with Crippen LogP contribution in [0.1, 0.15) is 16.8 Å². The van der Waals surface area contributed by atoms with Gasteiger partial charge in [-0.2, -0.15) is 0 Å². The Hall–Kier alpha value is -3.00. The highest BCUT2D eigenvalue weighted by Gasteiger charge is 2.14. The summed E-state index contributed by atoms with van der Waals surface area (Å²) in [5.41, 5.74) is 1.20. The molecule has 0 saturated heterocycles. The Kier molecular flexibility index (Phi) is 5.66. The van der Waals surface area contributed by atoms with E-state index in [1.165, 1.54) is 28.9 Å². The van der Waals surface area contributed by atoms with Crippen LogP contribution in [0.3, 0.4) is 0 Å². The molecule has 0 radical (unpaired) electrons. The van der Waals surface area contributed by atoms with E-state index in [9.17, 15) is 13.6 Å². The van der Waals surface area contributed by atoms with Crippen LogP contribution in [0.15, 0.2) is 42.5 Å². The van der Waals surface area contributed by atoms with Gasteiger partial charge in [-0.1, -0.05) is 41.1 Å². The molecular weight excluding hydrogens is 376 g/mol. The van der Waals surface area contributed by atoms with Crippen molar-refractivity contribution in [3.8, 4) is 0 Å². The predicted octanol–water partition coefficient (Wildman–Crippen LogP) is 3.89. The van der Waals surface area contributed by atoms with Crippen LogP contribution < -0.4 is 10.6 Å². The number of hydrogen-bond donors (Lipinski definition) is 2. The molecule has 6 nitrogen and oxygen atoms in total. The van der Waals surface area contributed by atoms with Gasteiger partial charge in [0.1, 0.15) is 11.6 Å². The molecule has 0 spiro atoms. The first-order valence-electron chi connectivity index (χ1n) is 8.07. The summed E-state index contributed by atoms with van der Waals surface area (Å²) in [4.78, 5) is 12.1. The number of halogens is 3. The molecule has 140 valence electrons. The maximum atomic E-state index is 13.8. The van der Waals surface area contributed by atoms with E-state index in [4.69, 9.17) is 11.6 Å².